The molecule has 5 rings (SSSR count). The first-order valence-electron chi connectivity index (χ1n) is 13.6. The number of amides is 3. The maximum Gasteiger partial charge on any atom is 0.272 e. The van der Waals surface area contributed by atoms with Crippen LogP contribution in [0.25, 0.3) is 16.8 Å². The molecular formula is C35H28ClN3O4S. The first-order valence-corrected chi connectivity index (χ1v) is 15.0. The maximum atomic E-state index is 13.5. The molecule has 0 radical (unpaired) electrons. The van der Waals surface area contributed by atoms with E-state index < -0.39 is 11.8 Å². The molecule has 0 aliphatic carbocycles. The number of methoxy groups -OCH3 is 1. The van der Waals surface area contributed by atoms with Gasteiger partial charge in [-0.2, -0.15) is 0 Å². The standard InChI is InChI=1S/C35H28ClN3O4S/c1-43-32-19-16-27(21-30(32)36)37-33(40)22-44-28-17-14-26(15-18-28)38-35(42)31(39-34(41)24-9-3-2-4-10-24)20-25-12-7-11-23-8-5-6-13-29(23)25/h2-21H,22H2,1H3,(H,37,40)(H,38,42)(H,39,41)/b31-20-. The Hall–Kier alpha value is -5.05. The van der Waals surface area contributed by atoms with Gasteiger partial charge in [-0.15, -0.1) is 11.8 Å². The Balaban J connectivity index is 1.27. The Kier molecular flexibility index (Phi) is 9.96. The lowest BCUT2D eigenvalue weighted by molar-refractivity contribution is -0.114. The fourth-order valence-corrected chi connectivity index (χ4v) is 5.35. The Bertz CT molecular complexity index is 1840. The zero-order valence-electron chi connectivity index (χ0n) is 23.7. The number of fused-ring (bicyclic) bond motifs is 1. The van der Waals surface area contributed by atoms with Crippen molar-refractivity contribution in [2.75, 3.05) is 23.5 Å². The first kappa shape index (κ1) is 30.4. The number of rotatable bonds is 10. The van der Waals surface area contributed by atoms with Gasteiger partial charge in [-0.05, 0) is 77.0 Å². The number of hydrogen-bond acceptors (Lipinski definition) is 5. The Morgan fingerprint density at radius 3 is 2.25 bits per heavy atom. The van der Waals surface area contributed by atoms with Gasteiger partial charge >= 0.3 is 0 Å². The Morgan fingerprint density at radius 1 is 0.795 bits per heavy atom. The predicted molar refractivity (Wildman–Crippen MR) is 178 cm³/mol. The largest absolute Gasteiger partial charge is 0.495 e. The van der Waals surface area contributed by atoms with Crippen LogP contribution in [0, 0.1) is 0 Å². The summed E-state index contributed by atoms with van der Waals surface area (Å²) in [7, 11) is 1.53. The Labute approximate surface area is 264 Å². The van der Waals surface area contributed by atoms with E-state index in [4.69, 9.17) is 16.3 Å². The number of carbonyl (C=O) groups excluding carboxylic acids is 3. The van der Waals surface area contributed by atoms with Gasteiger partial charge in [0, 0.05) is 21.8 Å². The number of anilines is 2. The molecule has 7 nitrogen and oxygen atoms in total. The van der Waals surface area contributed by atoms with E-state index in [1.807, 2.05) is 60.7 Å². The van der Waals surface area contributed by atoms with E-state index in [9.17, 15) is 14.4 Å². The van der Waals surface area contributed by atoms with Gasteiger partial charge in [0.15, 0.2) is 0 Å². The molecule has 0 spiro atoms. The molecule has 3 amide bonds. The second-order valence-corrected chi connectivity index (χ2v) is 11.1. The van der Waals surface area contributed by atoms with Gasteiger partial charge in [0.1, 0.15) is 11.4 Å². The minimum atomic E-state index is -0.472. The second kappa shape index (κ2) is 14.4. The van der Waals surface area contributed by atoms with Crippen LogP contribution in [0.5, 0.6) is 5.75 Å². The van der Waals surface area contributed by atoms with Gasteiger partial charge in [-0.25, -0.2) is 0 Å². The van der Waals surface area contributed by atoms with Gasteiger partial charge in [0.05, 0.1) is 17.9 Å². The zero-order chi connectivity index (χ0) is 30.9. The van der Waals surface area contributed by atoms with Gasteiger partial charge in [0.25, 0.3) is 11.8 Å². The van der Waals surface area contributed by atoms with Gasteiger partial charge in [-0.1, -0.05) is 72.3 Å². The molecule has 220 valence electrons. The van der Waals surface area contributed by atoms with Crippen LogP contribution in [0.3, 0.4) is 0 Å². The monoisotopic (exact) mass is 621 g/mol. The highest BCUT2D eigenvalue weighted by Crippen LogP contribution is 2.28. The lowest BCUT2D eigenvalue weighted by Crippen LogP contribution is -2.30. The van der Waals surface area contributed by atoms with E-state index in [-0.39, 0.29) is 17.4 Å². The molecule has 44 heavy (non-hydrogen) atoms. The topological polar surface area (TPSA) is 96.5 Å². The van der Waals surface area contributed by atoms with Crippen LogP contribution in [-0.4, -0.2) is 30.6 Å². The highest BCUT2D eigenvalue weighted by molar-refractivity contribution is 8.00. The van der Waals surface area contributed by atoms with Crippen molar-refractivity contribution in [1.29, 1.82) is 0 Å². The average Bonchev–Trinajstić information content (AvgIpc) is 3.04. The molecule has 0 saturated carbocycles. The summed E-state index contributed by atoms with van der Waals surface area (Å²) in [6, 6.07) is 34.5. The van der Waals surface area contributed by atoms with Crippen molar-refractivity contribution in [2.45, 2.75) is 4.90 Å². The predicted octanol–water partition coefficient (Wildman–Crippen LogP) is 7.64. The molecule has 5 aromatic carbocycles. The van der Waals surface area contributed by atoms with Crippen LogP contribution in [0.15, 0.2) is 126 Å². The normalized spacial score (nSPS) is 11.1. The van der Waals surface area contributed by atoms with Crippen LogP contribution in [0.1, 0.15) is 15.9 Å². The van der Waals surface area contributed by atoms with Crippen molar-refractivity contribution >= 4 is 69.3 Å². The summed E-state index contributed by atoms with van der Waals surface area (Å²) >= 11 is 7.49. The Morgan fingerprint density at radius 2 is 1.50 bits per heavy atom. The molecule has 0 aromatic heterocycles. The first-order chi connectivity index (χ1) is 21.4. The number of benzene rings is 5. The molecule has 0 fully saturated rings. The average molecular weight is 622 g/mol. The van der Waals surface area contributed by atoms with E-state index in [0.29, 0.717) is 27.7 Å². The van der Waals surface area contributed by atoms with Crippen molar-refractivity contribution in [2.24, 2.45) is 0 Å². The van der Waals surface area contributed by atoms with E-state index in [1.165, 1.54) is 18.9 Å². The van der Waals surface area contributed by atoms with Crippen LogP contribution in [0.2, 0.25) is 5.02 Å². The molecule has 9 heteroatoms. The number of ether oxygens (including phenoxy) is 1. The molecule has 0 aliphatic rings. The van der Waals surface area contributed by atoms with E-state index >= 15 is 0 Å². The summed E-state index contributed by atoms with van der Waals surface area (Å²) in [5.41, 5.74) is 2.44. The van der Waals surface area contributed by atoms with E-state index in [0.717, 1.165) is 21.2 Å². The van der Waals surface area contributed by atoms with E-state index in [1.54, 1.807) is 60.7 Å². The summed E-state index contributed by atoms with van der Waals surface area (Å²) in [5, 5.41) is 10.9. The second-order valence-electron chi connectivity index (χ2n) is 9.61. The highest BCUT2D eigenvalue weighted by Gasteiger charge is 2.16. The van der Waals surface area contributed by atoms with Crippen molar-refractivity contribution in [1.82, 2.24) is 5.32 Å². The number of halogens is 1. The van der Waals surface area contributed by atoms with Crippen molar-refractivity contribution in [3.8, 4) is 5.75 Å². The van der Waals surface area contributed by atoms with Crippen molar-refractivity contribution < 1.29 is 19.1 Å². The van der Waals surface area contributed by atoms with Crippen LogP contribution >= 0.6 is 23.4 Å². The third kappa shape index (κ3) is 7.86. The lowest BCUT2D eigenvalue weighted by Gasteiger charge is -2.13. The molecule has 0 heterocycles. The zero-order valence-corrected chi connectivity index (χ0v) is 25.2. The summed E-state index contributed by atoms with van der Waals surface area (Å²) in [5.74, 6) is -0.347. The maximum absolute atomic E-state index is 13.5. The highest BCUT2D eigenvalue weighted by atomic mass is 35.5. The molecule has 0 unspecified atom stereocenters. The molecule has 0 saturated heterocycles. The number of carbonyl (C=O) groups is 3. The summed E-state index contributed by atoms with van der Waals surface area (Å²) in [4.78, 5) is 39.8. The summed E-state index contributed by atoms with van der Waals surface area (Å²) < 4.78 is 5.14. The molecule has 5 aromatic rings. The smallest absolute Gasteiger partial charge is 0.272 e. The summed E-state index contributed by atoms with van der Waals surface area (Å²) in [6.45, 7) is 0. The lowest BCUT2D eigenvalue weighted by atomic mass is 10.0. The minimum Gasteiger partial charge on any atom is -0.495 e. The molecule has 0 aliphatic heterocycles. The van der Waals surface area contributed by atoms with Crippen molar-refractivity contribution in [3.05, 3.63) is 137 Å². The minimum absolute atomic E-state index is 0.101. The fraction of sp³-hybridized carbons (Fsp3) is 0.0571. The third-order valence-corrected chi connectivity index (χ3v) is 7.88. The van der Waals surface area contributed by atoms with Crippen molar-refractivity contribution in [3.63, 3.8) is 0 Å². The fourth-order valence-electron chi connectivity index (χ4n) is 4.40. The van der Waals surface area contributed by atoms with Crippen LogP contribution in [-0.2, 0) is 9.59 Å². The van der Waals surface area contributed by atoms with E-state index in [2.05, 4.69) is 16.0 Å². The van der Waals surface area contributed by atoms with Gasteiger partial charge in [0.2, 0.25) is 5.91 Å². The molecular weight excluding hydrogens is 594 g/mol. The number of thioether (sulfide) groups is 1. The van der Waals surface area contributed by atoms with Crippen LogP contribution < -0.4 is 20.7 Å². The van der Waals surface area contributed by atoms with Crippen LogP contribution in [0.4, 0.5) is 11.4 Å². The molecule has 3 N–H and O–H groups in total. The van der Waals surface area contributed by atoms with Gasteiger partial charge < -0.3 is 20.7 Å². The van der Waals surface area contributed by atoms with Gasteiger partial charge in [-0.3, -0.25) is 14.4 Å². The third-order valence-electron chi connectivity index (χ3n) is 6.57. The SMILES string of the molecule is COc1ccc(NC(=O)CSc2ccc(NC(=O)/C(=C/c3cccc4ccccc34)NC(=O)c3ccccc3)cc2)cc1Cl. The molecule has 0 atom stereocenters. The summed E-state index contributed by atoms with van der Waals surface area (Å²) in [6.07, 6.45) is 1.68. The number of hydrogen-bond donors (Lipinski definition) is 3. The quantitative estimate of drug-likeness (QED) is 0.110. The molecule has 0 bridgehead atoms. The number of nitrogens with one attached hydrogen (secondary N) is 3.